The average molecular weight is 270 g/mol. The van der Waals surface area contributed by atoms with Crippen LogP contribution in [0, 0.1) is 17.6 Å². The van der Waals surface area contributed by atoms with Crippen LogP contribution in [-0.2, 0) is 11.2 Å². The second-order valence-corrected chi connectivity index (χ2v) is 4.40. The van der Waals surface area contributed by atoms with Crippen molar-refractivity contribution in [2.24, 2.45) is 11.7 Å². The van der Waals surface area contributed by atoms with Gasteiger partial charge in [0.2, 0.25) is 5.91 Å². The topological polar surface area (TPSA) is 46.3 Å². The second kappa shape index (κ2) is 7.19. The van der Waals surface area contributed by atoms with Gasteiger partial charge in [-0.25, -0.2) is 8.78 Å². The summed E-state index contributed by atoms with van der Waals surface area (Å²) in [5, 5.41) is 0. The Kier molecular flexibility index (Phi) is 5.89. The number of hydrogen-bond donors (Lipinski definition) is 1. The summed E-state index contributed by atoms with van der Waals surface area (Å²) in [5.41, 5.74) is 6.20. The Labute approximate surface area is 112 Å². The highest BCUT2D eigenvalue weighted by molar-refractivity contribution is 5.79. The standard InChI is InChI=1S/C14H20F2N2O/c1-3-18(4-2)14(19)11(9-17)7-10-5-6-12(15)13(16)8-10/h5-6,8,11H,3-4,7,9,17H2,1-2H3. The van der Waals surface area contributed by atoms with Crippen LogP contribution >= 0.6 is 0 Å². The number of amides is 1. The van der Waals surface area contributed by atoms with Gasteiger partial charge in [-0.3, -0.25) is 4.79 Å². The predicted molar refractivity (Wildman–Crippen MR) is 70.5 cm³/mol. The van der Waals surface area contributed by atoms with Crippen LogP contribution in [0.15, 0.2) is 18.2 Å². The molecule has 0 aliphatic rings. The molecule has 1 unspecified atom stereocenters. The van der Waals surface area contributed by atoms with Crippen LogP contribution in [0.3, 0.4) is 0 Å². The Bertz CT molecular complexity index is 433. The fraction of sp³-hybridized carbons (Fsp3) is 0.500. The number of nitrogens with zero attached hydrogens (tertiary/aromatic N) is 1. The first-order chi connectivity index (χ1) is 9.03. The van der Waals surface area contributed by atoms with E-state index in [2.05, 4.69) is 0 Å². The van der Waals surface area contributed by atoms with E-state index in [1.807, 2.05) is 13.8 Å². The van der Waals surface area contributed by atoms with Crippen LogP contribution in [0.25, 0.3) is 0 Å². The van der Waals surface area contributed by atoms with E-state index in [0.29, 0.717) is 25.1 Å². The van der Waals surface area contributed by atoms with Crippen molar-refractivity contribution in [3.8, 4) is 0 Å². The summed E-state index contributed by atoms with van der Waals surface area (Å²) in [6, 6.07) is 3.67. The lowest BCUT2D eigenvalue weighted by atomic mass is 9.97. The molecule has 0 spiro atoms. The van der Waals surface area contributed by atoms with Crippen molar-refractivity contribution in [1.29, 1.82) is 0 Å². The Morgan fingerprint density at radius 3 is 2.37 bits per heavy atom. The smallest absolute Gasteiger partial charge is 0.227 e. The van der Waals surface area contributed by atoms with Crippen LogP contribution in [0.2, 0.25) is 0 Å². The molecule has 0 fully saturated rings. The minimum atomic E-state index is -0.899. The van der Waals surface area contributed by atoms with E-state index >= 15 is 0 Å². The lowest BCUT2D eigenvalue weighted by Crippen LogP contribution is -2.39. The highest BCUT2D eigenvalue weighted by atomic mass is 19.2. The van der Waals surface area contributed by atoms with Crippen molar-refractivity contribution >= 4 is 5.91 Å². The number of hydrogen-bond acceptors (Lipinski definition) is 2. The minimum absolute atomic E-state index is 0.0442. The lowest BCUT2D eigenvalue weighted by Gasteiger charge is -2.24. The summed E-state index contributed by atoms with van der Waals surface area (Å²) in [7, 11) is 0. The molecule has 1 rings (SSSR count). The molecule has 0 saturated carbocycles. The molecule has 0 bridgehead atoms. The molecule has 5 heteroatoms. The number of benzene rings is 1. The molecular weight excluding hydrogens is 250 g/mol. The summed E-state index contributed by atoms with van der Waals surface area (Å²) in [4.78, 5) is 13.9. The molecule has 3 nitrogen and oxygen atoms in total. The molecule has 0 aliphatic carbocycles. The van der Waals surface area contributed by atoms with Crippen LogP contribution in [0.1, 0.15) is 19.4 Å². The van der Waals surface area contributed by atoms with Gasteiger partial charge in [-0.1, -0.05) is 6.07 Å². The summed E-state index contributed by atoms with van der Waals surface area (Å²) < 4.78 is 26.0. The van der Waals surface area contributed by atoms with Gasteiger partial charge in [0.15, 0.2) is 11.6 Å². The molecule has 1 aromatic rings. The number of carbonyl (C=O) groups excluding carboxylic acids is 1. The van der Waals surface area contributed by atoms with E-state index in [-0.39, 0.29) is 12.5 Å². The number of nitrogens with two attached hydrogens (primary N) is 1. The average Bonchev–Trinajstić information content (AvgIpc) is 2.41. The van der Waals surface area contributed by atoms with E-state index in [0.717, 1.165) is 12.1 Å². The van der Waals surface area contributed by atoms with Crippen molar-refractivity contribution in [2.45, 2.75) is 20.3 Å². The van der Waals surface area contributed by atoms with E-state index in [1.165, 1.54) is 6.07 Å². The zero-order valence-electron chi connectivity index (χ0n) is 11.3. The van der Waals surface area contributed by atoms with Crippen LogP contribution in [0.4, 0.5) is 8.78 Å². The molecule has 1 amide bonds. The Hall–Kier alpha value is -1.49. The lowest BCUT2D eigenvalue weighted by molar-refractivity contribution is -0.134. The fourth-order valence-corrected chi connectivity index (χ4v) is 2.02. The van der Waals surface area contributed by atoms with E-state index in [9.17, 15) is 13.6 Å². The zero-order valence-corrected chi connectivity index (χ0v) is 11.3. The fourth-order valence-electron chi connectivity index (χ4n) is 2.02. The second-order valence-electron chi connectivity index (χ2n) is 4.40. The van der Waals surface area contributed by atoms with Gasteiger partial charge >= 0.3 is 0 Å². The third kappa shape index (κ3) is 3.99. The minimum Gasteiger partial charge on any atom is -0.343 e. The van der Waals surface area contributed by atoms with Crippen LogP contribution in [0.5, 0.6) is 0 Å². The van der Waals surface area contributed by atoms with Crippen molar-refractivity contribution in [3.63, 3.8) is 0 Å². The Morgan fingerprint density at radius 2 is 1.89 bits per heavy atom. The Morgan fingerprint density at radius 1 is 1.26 bits per heavy atom. The molecule has 0 aliphatic heterocycles. The Balaban J connectivity index is 2.81. The molecule has 0 aromatic heterocycles. The van der Waals surface area contributed by atoms with Gasteiger partial charge in [-0.2, -0.15) is 0 Å². The van der Waals surface area contributed by atoms with Gasteiger partial charge in [0.25, 0.3) is 0 Å². The third-order valence-corrected chi connectivity index (χ3v) is 3.17. The van der Waals surface area contributed by atoms with Crippen molar-refractivity contribution in [1.82, 2.24) is 4.90 Å². The highest BCUT2D eigenvalue weighted by Crippen LogP contribution is 2.14. The first kappa shape index (κ1) is 15.6. The third-order valence-electron chi connectivity index (χ3n) is 3.17. The molecule has 19 heavy (non-hydrogen) atoms. The maximum absolute atomic E-state index is 13.1. The first-order valence-corrected chi connectivity index (χ1v) is 6.46. The summed E-state index contributed by atoms with van der Waals surface area (Å²) in [6.07, 6.45) is 0.322. The quantitative estimate of drug-likeness (QED) is 0.859. The molecule has 1 aromatic carbocycles. The van der Waals surface area contributed by atoms with Gasteiger partial charge in [0.05, 0.1) is 5.92 Å². The van der Waals surface area contributed by atoms with Crippen molar-refractivity contribution in [3.05, 3.63) is 35.4 Å². The maximum Gasteiger partial charge on any atom is 0.227 e. The molecule has 1 atom stereocenters. The molecule has 0 heterocycles. The SMILES string of the molecule is CCN(CC)C(=O)C(CN)Cc1ccc(F)c(F)c1. The molecular formula is C14H20F2N2O. The normalized spacial score (nSPS) is 12.3. The van der Waals surface area contributed by atoms with Gasteiger partial charge in [-0.05, 0) is 38.0 Å². The van der Waals surface area contributed by atoms with E-state index < -0.39 is 17.6 Å². The van der Waals surface area contributed by atoms with Crippen LogP contribution < -0.4 is 5.73 Å². The number of carbonyl (C=O) groups is 1. The van der Waals surface area contributed by atoms with Gasteiger partial charge in [0, 0.05) is 19.6 Å². The van der Waals surface area contributed by atoms with Gasteiger partial charge in [-0.15, -0.1) is 0 Å². The molecule has 0 radical (unpaired) electrons. The molecule has 106 valence electrons. The number of rotatable bonds is 6. The largest absolute Gasteiger partial charge is 0.343 e. The summed E-state index contributed by atoms with van der Waals surface area (Å²) >= 11 is 0. The number of halogens is 2. The molecule has 0 saturated heterocycles. The van der Waals surface area contributed by atoms with Crippen molar-refractivity contribution < 1.29 is 13.6 Å². The summed E-state index contributed by atoms with van der Waals surface area (Å²) in [5.74, 6) is -2.23. The first-order valence-electron chi connectivity index (χ1n) is 6.46. The van der Waals surface area contributed by atoms with Crippen molar-refractivity contribution in [2.75, 3.05) is 19.6 Å². The van der Waals surface area contributed by atoms with E-state index in [1.54, 1.807) is 4.90 Å². The zero-order chi connectivity index (χ0) is 14.4. The monoisotopic (exact) mass is 270 g/mol. The maximum atomic E-state index is 13.1. The van der Waals surface area contributed by atoms with Crippen LogP contribution in [-0.4, -0.2) is 30.4 Å². The van der Waals surface area contributed by atoms with E-state index in [4.69, 9.17) is 5.73 Å². The summed E-state index contributed by atoms with van der Waals surface area (Å²) in [6.45, 7) is 5.21. The van der Waals surface area contributed by atoms with Gasteiger partial charge < -0.3 is 10.6 Å². The predicted octanol–water partition coefficient (Wildman–Crippen LogP) is 1.95. The highest BCUT2D eigenvalue weighted by Gasteiger charge is 2.22. The molecule has 2 N–H and O–H groups in total. The van der Waals surface area contributed by atoms with Gasteiger partial charge in [0.1, 0.15) is 0 Å².